The lowest BCUT2D eigenvalue weighted by atomic mass is 9.48. The van der Waals surface area contributed by atoms with Crippen LogP contribution in [0.5, 0.6) is 0 Å². The summed E-state index contributed by atoms with van der Waals surface area (Å²) in [6.07, 6.45) is 16.3. The minimum absolute atomic E-state index is 0.243. The summed E-state index contributed by atoms with van der Waals surface area (Å²) in [6, 6.07) is 0. The zero-order valence-corrected chi connectivity index (χ0v) is 26.3. The van der Waals surface area contributed by atoms with Crippen molar-refractivity contribution in [3.8, 4) is 0 Å². The molecule has 2 nitrogen and oxygen atoms in total. The highest BCUT2D eigenvalue weighted by molar-refractivity contribution is 6.74. The maximum Gasteiger partial charge on any atom is 0.192 e. The van der Waals surface area contributed by atoms with Crippen LogP contribution in [0.4, 0.5) is 0 Å². The van der Waals surface area contributed by atoms with Crippen molar-refractivity contribution in [3.63, 3.8) is 0 Å². The van der Waals surface area contributed by atoms with Gasteiger partial charge in [-0.15, -0.1) is 6.58 Å². The highest BCUT2D eigenvalue weighted by atomic mass is 28.4. The van der Waals surface area contributed by atoms with E-state index in [1.807, 2.05) is 5.57 Å². The van der Waals surface area contributed by atoms with Gasteiger partial charge in [0.15, 0.2) is 8.32 Å². The van der Waals surface area contributed by atoms with Crippen molar-refractivity contribution >= 4 is 8.32 Å². The molecule has 0 bridgehead atoms. The average molecular weight is 515 g/mol. The molecule has 0 radical (unpaired) electrons. The third-order valence-corrected chi connectivity index (χ3v) is 16.8. The highest BCUT2D eigenvalue weighted by Crippen LogP contribution is 2.67. The number of rotatable bonds is 7. The van der Waals surface area contributed by atoms with E-state index in [1.165, 1.54) is 50.5 Å². The first-order valence-corrected chi connectivity index (χ1v) is 18.2. The number of aliphatic hydroxyl groups is 1. The molecule has 36 heavy (non-hydrogen) atoms. The van der Waals surface area contributed by atoms with Gasteiger partial charge < -0.3 is 9.53 Å². The third-order valence-electron chi connectivity index (χ3n) is 12.3. The van der Waals surface area contributed by atoms with Gasteiger partial charge in [-0.1, -0.05) is 51.8 Å². The van der Waals surface area contributed by atoms with E-state index < -0.39 is 13.9 Å². The second-order valence-corrected chi connectivity index (χ2v) is 20.6. The fraction of sp³-hybridized carbons (Fsp3) is 0.879. The molecule has 0 aromatic carbocycles. The first kappa shape index (κ1) is 28.6. The van der Waals surface area contributed by atoms with Gasteiger partial charge in [-0.2, -0.15) is 0 Å². The third kappa shape index (κ3) is 4.99. The van der Waals surface area contributed by atoms with E-state index in [-0.39, 0.29) is 10.5 Å². The van der Waals surface area contributed by atoms with Gasteiger partial charge >= 0.3 is 0 Å². The van der Waals surface area contributed by atoms with Crippen LogP contribution < -0.4 is 0 Å². The molecular weight excluding hydrogens is 456 g/mol. The smallest absolute Gasteiger partial charge is 0.192 e. The van der Waals surface area contributed by atoms with E-state index in [9.17, 15) is 5.11 Å². The molecule has 0 saturated heterocycles. The second kappa shape index (κ2) is 9.67. The van der Waals surface area contributed by atoms with E-state index in [0.717, 1.165) is 43.4 Å². The van der Waals surface area contributed by atoms with Gasteiger partial charge in [-0.3, -0.25) is 0 Å². The monoisotopic (exact) mass is 514 g/mol. The first-order chi connectivity index (χ1) is 16.5. The van der Waals surface area contributed by atoms with Gasteiger partial charge in [0, 0.05) is 6.10 Å². The van der Waals surface area contributed by atoms with Crippen molar-refractivity contribution in [2.75, 3.05) is 0 Å². The summed E-state index contributed by atoms with van der Waals surface area (Å²) in [5, 5.41) is 12.0. The van der Waals surface area contributed by atoms with Crippen molar-refractivity contribution in [1.29, 1.82) is 0 Å². The van der Waals surface area contributed by atoms with E-state index in [2.05, 4.69) is 74.2 Å². The summed E-state index contributed by atoms with van der Waals surface area (Å²) in [7, 11) is -1.72. The summed E-state index contributed by atoms with van der Waals surface area (Å²) < 4.78 is 6.94. The van der Waals surface area contributed by atoms with Crippen LogP contribution in [0.3, 0.4) is 0 Å². The molecule has 1 N–H and O–H groups in total. The van der Waals surface area contributed by atoms with Crippen LogP contribution in [0.15, 0.2) is 23.8 Å². The summed E-state index contributed by atoms with van der Waals surface area (Å²) in [4.78, 5) is 0. The molecule has 4 aliphatic rings. The largest absolute Gasteiger partial charge is 0.414 e. The summed E-state index contributed by atoms with van der Waals surface area (Å²) in [5.41, 5.74) is 3.09. The van der Waals surface area contributed by atoms with Gasteiger partial charge in [0.05, 0.1) is 5.60 Å². The van der Waals surface area contributed by atoms with Crippen molar-refractivity contribution in [1.82, 2.24) is 0 Å². The van der Waals surface area contributed by atoms with E-state index in [1.54, 1.807) is 0 Å². The summed E-state index contributed by atoms with van der Waals surface area (Å²) in [6.45, 7) is 25.4. The van der Waals surface area contributed by atoms with E-state index >= 15 is 0 Å². The molecule has 0 aromatic rings. The Hall–Kier alpha value is -0.383. The Morgan fingerprint density at radius 1 is 1.11 bits per heavy atom. The molecule has 4 rings (SSSR count). The predicted octanol–water partition coefficient (Wildman–Crippen LogP) is 9.45. The Morgan fingerprint density at radius 3 is 2.44 bits per heavy atom. The number of hydrogen-bond donors (Lipinski definition) is 1. The first-order valence-electron chi connectivity index (χ1n) is 15.3. The Morgan fingerprint density at radius 2 is 1.81 bits per heavy atom. The Balaban J connectivity index is 1.49. The molecular formula is C33H58O2Si. The number of allylic oxidation sites excluding steroid dienone is 3. The van der Waals surface area contributed by atoms with Gasteiger partial charge in [-0.05, 0) is 137 Å². The predicted molar refractivity (Wildman–Crippen MR) is 157 cm³/mol. The number of fused-ring (bicyclic) bond motifs is 5. The van der Waals surface area contributed by atoms with Crippen molar-refractivity contribution < 1.29 is 9.53 Å². The van der Waals surface area contributed by atoms with Crippen molar-refractivity contribution in [2.45, 2.75) is 149 Å². The van der Waals surface area contributed by atoms with Gasteiger partial charge in [0.2, 0.25) is 0 Å². The molecule has 7 unspecified atom stereocenters. The minimum Gasteiger partial charge on any atom is -0.414 e. The standard InChI is InChI=1S/C33H58O2Si/c1-23(2)12-11-19-33(8,34)29-16-15-27-26-14-13-24-22-25(35-36(9,10)30(3,4)5)17-20-31(24,6)28(26)18-21-32(27,29)7/h18,24-27,29,34H,1,11-17,19-22H2,2-10H3/t24?,25?,26?,27?,29?,31?,32?,33-/m0/s1. The topological polar surface area (TPSA) is 29.5 Å². The normalized spacial score (nSPS) is 40.5. The molecule has 0 heterocycles. The van der Waals surface area contributed by atoms with Crippen LogP contribution in [0.25, 0.3) is 0 Å². The van der Waals surface area contributed by atoms with Crippen LogP contribution in [0.2, 0.25) is 18.1 Å². The van der Waals surface area contributed by atoms with Crippen LogP contribution >= 0.6 is 0 Å². The minimum atomic E-state index is -1.72. The lowest BCUT2D eigenvalue weighted by Gasteiger charge is -2.58. The molecule has 8 atom stereocenters. The molecule has 3 saturated carbocycles. The van der Waals surface area contributed by atoms with Gasteiger partial charge in [0.1, 0.15) is 0 Å². The quantitative estimate of drug-likeness (QED) is 0.271. The SMILES string of the molecule is C=C(C)CCC[C@](C)(O)C1CCC2C3CCC4CC(O[Si](C)(C)C(C)(C)C)CCC4(C)C3=CCC21C. The lowest BCUT2D eigenvalue weighted by molar-refractivity contribution is -0.0749. The molecule has 4 aliphatic carbocycles. The Bertz CT molecular complexity index is 863. The van der Waals surface area contributed by atoms with Crippen LogP contribution in [-0.4, -0.2) is 25.1 Å². The number of hydrogen-bond acceptors (Lipinski definition) is 2. The summed E-state index contributed by atoms with van der Waals surface area (Å²) >= 11 is 0. The fourth-order valence-corrected chi connectivity index (χ4v) is 10.5. The molecule has 0 aromatic heterocycles. The van der Waals surface area contributed by atoms with Crippen molar-refractivity contribution in [2.24, 2.45) is 34.5 Å². The van der Waals surface area contributed by atoms with Gasteiger partial charge in [-0.25, -0.2) is 0 Å². The average Bonchev–Trinajstić information content (AvgIpc) is 3.11. The van der Waals surface area contributed by atoms with E-state index in [4.69, 9.17) is 4.43 Å². The summed E-state index contributed by atoms with van der Waals surface area (Å²) in [5.74, 6) is 2.67. The second-order valence-electron chi connectivity index (χ2n) is 15.8. The molecule has 0 amide bonds. The van der Waals surface area contributed by atoms with Crippen molar-refractivity contribution in [3.05, 3.63) is 23.8 Å². The molecule has 0 spiro atoms. The van der Waals surface area contributed by atoms with Gasteiger partial charge in [0.25, 0.3) is 0 Å². The van der Waals surface area contributed by atoms with E-state index in [0.29, 0.717) is 17.4 Å². The molecule has 3 heteroatoms. The fourth-order valence-electron chi connectivity index (χ4n) is 9.13. The molecule has 206 valence electrons. The zero-order valence-electron chi connectivity index (χ0n) is 25.3. The highest BCUT2D eigenvalue weighted by Gasteiger charge is 2.60. The van der Waals surface area contributed by atoms with Crippen LogP contribution in [0, 0.1) is 34.5 Å². The maximum atomic E-state index is 11.7. The Kier molecular flexibility index (Phi) is 7.68. The molecule has 0 aliphatic heterocycles. The lowest BCUT2D eigenvalue weighted by Crippen LogP contribution is -2.52. The van der Waals surface area contributed by atoms with Crippen LogP contribution in [-0.2, 0) is 4.43 Å². The Labute approximate surface area is 224 Å². The van der Waals surface area contributed by atoms with Crippen LogP contribution in [0.1, 0.15) is 119 Å². The zero-order chi connectivity index (χ0) is 26.7. The molecule has 3 fully saturated rings. The maximum absolute atomic E-state index is 11.7.